The van der Waals surface area contributed by atoms with E-state index in [1.54, 1.807) is 0 Å². The number of nitrogens with two attached hydrogens (primary N) is 1. The molecule has 3 nitrogen and oxygen atoms in total. The first-order valence-corrected chi connectivity index (χ1v) is 4.94. The molecule has 1 fully saturated rings. The number of nitrogens with zero attached hydrogens (tertiary/aromatic N) is 1. The smallest absolute Gasteiger partial charge is 0.387 e. The molecule has 6 heteroatoms. The minimum atomic E-state index is -4.23. The molecule has 0 heterocycles. The fourth-order valence-corrected chi connectivity index (χ4v) is 1.81. The van der Waals surface area contributed by atoms with Crippen molar-refractivity contribution in [3.05, 3.63) is 0 Å². The predicted molar refractivity (Wildman–Crippen MR) is 50.3 cm³/mol. The average Bonchev–Trinajstić information content (AvgIpc) is 2.81. The number of halogens is 3. The molecular formula is C9H17F3N2O. The fourth-order valence-electron chi connectivity index (χ4n) is 1.81. The standard InChI is InChI=1S/C9H17F3N2O/c1-14(6-9(10,11)12)5-8(15,4-13)7-2-3-7/h7,15H,2-6,13H2,1H3. The molecule has 0 spiro atoms. The molecule has 0 aromatic rings. The molecule has 0 saturated heterocycles. The van der Waals surface area contributed by atoms with Gasteiger partial charge < -0.3 is 10.8 Å². The second-order valence-corrected chi connectivity index (χ2v) is 4.37. The molecule has 1 atom stereocenters. The summed E-state index contributed by atoms with van der Waals surface area (Å²) in [6.45, 7) is -1.02. The minimum absolute atomic E-state index is 0.0138. The van der Waals surface area contributed by atoms with Gasteiger partial charge in [-0.05, 0) is 25.8 Å². The number of hydrogen-bond acceptors (Lipinski definition) is 3. The van der Waals surface area contributed by atoms with Crippen LogP contribution in [0.2, 0.25) is 0 Å². The van der Waals surface area contributed by atoms with Gasteiger partial charge in [0.2, 0.25) is 0 Å². The lowest BCUT2D eigenvalue weighted by Gasteiger charge is -2.31. The van der Waals surface area contributed by atoms with Crippen molar-refractivity contribution < 1.29 is 18.3 Å². The fraction of sp³-hybridized carbons (Fsp3) is 1.00. The third-order valence-electron chi connectivity index (χ3n) is 2.68. The quantitative estimate of drug-likeness (QED) is 0.721. The maximum Gasteiger partial charge on any atom is 0.401 e. The third-order valence-corrected chi connectivity index (χ3v) is 2.68. The van der Waals surface area contributed by atoms with Gasteiger partial charge in [0.1, 0.15) is 0 Å². The van der Waals surface area contributed by atoms with Crippen LogP contribution in [-0.2, 0) is 0 Å². The van der Waals surface area contributed by atoms with Crippen LogP contribution in [0.25, 0.3) is 0 Å². The molecule has 15 heavy (non-hydrogen) atoms. The van der Waals surface area contributed by atoms with Crippen LogP contribution in [0, 0.1) is 5.92 Å². The Hall–Kier alpha value is -0.330. The normalized spacial score (nSPS) is 21.8. The lowest BCUT2D eigenvalue weighted by molar-refractivity contribution is -0.149. The van der Waals surface area contributed by atoms with Gasteiger partial charge in [-0.25, -0.2) is 0 Å². The van der Waals surface area contributed by atoms with Crippen molar-refractivity contribution in [2.45, 2.75) is 24.6 Å². The summed E-state index contributed by atoms with van der Waals surface area (Å²) in [5, 5.41) is 9.99. The number of aliphatic hydroxyl groups is 1. The Morgan fingerprint density at radius 3 is 2.20 bits per heavy atom. The number of alkyl halides is 3. The van der Waals surface area contributed by atoms with Gasteiger partial charge in [0.15, 0.2) is 0 Å². The van der Waals surface area contributed by atoms with Gasteiger partial charge in [-0.3, -0.25) is 4.90 Å². The van der Waals surface area contributed by atoms with Gasteiger partial charge in [-0.1, -0.05) is 0 Å². The maximum atomic E-state index is 12.0. The van der Waals surface area contributed by atoms with Gasteiger partial charge in [0.25, 0.3) is 0 Å². The highest BCUT2D eigenvalue weighted by molar-refractivity contribution is 4.97. The summed E-state index contributed by atoms with van der Waals surface area (Å²) < 4.78 is 36.1. The van der Waals surface area contributed by atoms with Gasteiger partial charge in [-0.15, -0.1) is 0 Å². The summed E-state index contributed by atoms with van der Waals surface area (Å²) in [5.74, 6) is 0.0678. The zero-order valence-electron chi connectivity index (χ0n) is 8.72. The Labute approximate surface area is 87.0 Å². The Morgan fingerprint density at radius 2 is 1.87 bits per heavy atom. The van der Waals surface area contributed by atoms with Crippen molar-refractivity contribution in [2.24, 2.45) is 11.7 Å². The van der Waals surface area contributed by atoms with E-state index in [1.165, 1.54) is 7.05 Å². The summed E-state index contributed by atoms with van der Waals surface area (Å²) in [6.07, 6.45) is -2.52. The van der Waals surface area contributed by atoms with E-state index in [9.17, 15) is 18.3 Å². The summed E-state index contributed by atoms with van der Waals surface area (Å²) in [6, 6.07) is 0. The largest absolute Gasteiger partial charge is 0.401 e. The van der Waals surface area contributed by atoms with Crippen LogP contribution in [0.3, 0.4) is 0 Å². The molecule has 1 saturated carbocycles. The average molecular weight is 226 g/mol. The first kappa shape index (κ1) is 12.7. The van der Waals surface area contributed by atoms with Gasteiger partial charge in [0, 0.05) is 13.1 Å². The highest BCUT2D eigenvalue weighted by Crippen LogP contribution is 2.39. The Bertz CT molecular complexity index is 218. The van der Waals surface area contributed by atoms with Crippen molar-refractivity contribution in [3.63, 3.8) is 0 Å². The first-order chi connectivity index (χ1) is 6.77. The molecule has 90 valence electrons. The van der Waals surface area contributed by atoms with E-state index in [1.807, 2.05) is 0 Å². The summed E-state index contributed by atoms with van der Waals surface area (Å²) in [7, 11) is 1.34. The van der Waals surface area contributed by atoms with E-state index >= 15 is 0 Å². The summed E-state index contributed by atoms with van der Waals surface area (Å²) in [4.78, 5) is 1.07. The van der Waals surface area contributed by atoms with Crippen LogP contribution in [0.15, 0.2) is 0 Å². The second-order valence-electron chi connectivity index (χ2n) is 4.37. The molecule has 0 aliphatic heterocycles. The van der Waals surface area contributed by atoms with Crippen LogP contribution >= 0.6 is 0 Å². The Kier molecular flexibility index (Phi) is 3.63. The van der Waals surface area contributed by atoms with Crippen LogP contribution in [0.1, 0.15) is 12.8 Å². The second kappa shape index (κ2) is 4.27. The lowest BCUT2D eigenvalue weighted by Crippen LogP contribution is -2.50. The van der Waals surface area contributed by atoms with Gasteiger partial charge in [0.05, 0.1) is 12.1 Å². The number of likely N-dealkylation sites (N-methyl/N-ethyl adjacent to an activating group) is 1. The third kappa shape index (κ3) is 3.96. The van der Waals surface area contributed by atoms with E-state index in [-0.39, 0.29) is 19.0 Å². The topological polar surface area (TPSA) is 49.5 Å². The van der Waals surface area contributed by atoms with Gasteiger partial charge in [-0.2, -0.15) is 13.2 Å². The van der Waals surface area contributed by atoms with Crippen molar-refractivity contribution >= 4 is 0 Å². The highest BCUT2D eigenvalue weighted by Gasteiger charge is 2.44. The molecule has 0 amide bonds. The Balaban J connectivity index is 2.44. The molecule has 0 aromatic carbocycles. The molecule has 1 unspecified atom stereocenters. The van der Waals surface area contributed by atoms with Crippen molar-refractivity contribution in [1.29, 1.82) is 0 Å². The summed E-state index contributed by atoms with van der Waals surface area (Å²) >= 11 is 0. The molecular weight excluding hydrogens is 209 g/mol. The monoisotopic (exact) mass is 226 g/mol. The van der Waals surface area contributed by atoms with Crippen molar-refractivity contribution in [2.75, 3.05) is 26.7 Å². The lowest BCUT2D eigenvalue weighted by atomic mass is 9.97. The number of hydrogen-bond donors (Lipinski definition) is 2. The van der Waals surface area contributed by atoms with E-state index in [2.05, 4.69) is 0 Å². The molecule has 3 N–H and O–H groups in total. The van der Waals surface area contributed by atoms with Gasteiger partial charge >= 0.3 is 6.18 Å². The van der Waals surface area contributed by atoms with E-state index in [4.69, 9.17) is 5.73 Å². The van der Waals surface area contributed by atoms with E-state index in [0.29, 0.717) is 0 Å². The molecule has 0 bridgehead atoms. The van der Waals surface area contributed by atoms with E-state index in [0.717, 1.165) is 17.7 Å². The zero-order chi connectivity index (χ0) is 11.7. The molecule has 1 rings (SSSR count). The predicted octanol–water partition coefficient (Wildman–Crippen LogP) is 0.580. The zero-order valence-corrected chi connectivity index (χ0v) is 8.72. The molecule has 1 aliphatic carbocycles. The maximum absolute atomic E-state index is 12.0. The van der Waals surface area contributed by atoms with Crippen LogP contribution in [0.4, 0.5) is 13.2 Å². The molecule has 0 radical (unpaired) electrons. The minimum Gasteiger partial charge on any atom is -0.387 e. The first-order valence-electron chi connectivity index (χ1n) is 4.94. The summed E-state index contributed by atoms with van der Waals surface area (Å²) in [5.41, 5.74) is 4.25. The highest BCUT2D eigenvalue weighted by atomic mass is 19.4. The van der Waals surface area contributed by atoms with E-state index < -0.39 is 18.3 Å². The van der Waals surface area contributed by atoms with Crippen LogP contribution < -0.4 is 5.73 Å². The molecule has 0 aromatic heterocycles. The number of rotatable bonds is 5. The van der Waals surface area contributed by atoms with Crippen molar-refractivity contribution in [1.82, 2.24) is 4.90 Å². The Morgan fingerprint density at radius 1 is 1.33 bits per heavy atom. The molecule has 1 aliphatic rings. The SMILES string of the molecule is CN(CC(F)(F)F)CC(O)(CN)C1CC1. The van der Waals surface area contributed by atoms with Crippen molar-refractivity contribution in [3.8, 4) is 0 Å². The van der Waals surface area contributed by atoms with Crippen LogP contribution in [0.5, 0.6) is 0 Å². The van der Waals surface area contributed by atoms with Crippen LogP contribution in [-0.4, -0.2) is 48.5 Å².